The number of carboxylic acids is 1. The van der Waals surface area contributed by atoms with E-state index in [1.165, 1.54) is 6.92 Å². The van der Waals surface area contributed by atoms with Crippen LogP contribution in [0.3, 0.4) is 0 Å². The second-order valence-electron chi connectivity index (χ2n) is 3.14. The SMILES string of the molecule is CC=Cc1ccccc1OC(C)C(=O)O. The Labute approximate surface area is 89.0 Å². The lowest BCUT2D eigenvalue weighted by molar-refractivity contribution is -0.144. The topological polar surface area (TPSA) is 46.5 Å². The van der Waals surface area contributed by atoms with Crippen LogP contribution in [0.5, 0.6) is 5.75 Å². The van der Waals surface area contributed by atoms with E-state index in [9.17, 15) is 4.79 Å². The summed E-state index contributed by atoms with van der Waals surface area (Å²) >= 11 is 0. The first kappa shape index (κ1) is 11.3. The Kier molecular flexibility index (Phi) is 3.92. The van der Waals surface area contributed by atoms with E-state index in [-0.39, 0.29) is 0 Å². The van der Waals surface area contributed by atoms with Crippen LogP contribution in [-0.2, 0) is 4.79 Å². The van der Waals surface area contributed by atoms with Gasteiger partial charge in [-0.15, -0.1) is 0 Å². The smallest absolute Gasteiger partial charge is 0.344 e. The summed E-state index contributed by atoms with van der Waals surface area (Å²) in [5, 5.41) is 8.72. The molecule has 0 saturated heterocycles. The van der Waals surface area contributed by atoms with Crippen LogP contribution in [0.2, 0.25) is 0 Å². The van der Waals surface area contributed by atoms with Gasteiger partial charge in [-0.2, -0.15) is 0 Å². The highest BCUT2D eigenvalue weighted by molar-refractivity contribution is 5.72. The summed E-state index contributed by atoms with van der Waals surface area (Å²) in [5.74, 6) is -0.379. The molecule has 0 heterocycles. The summed E-state index contributed by atoms with van der Waals surface area (Å²) < 4.78 is 5.31. The van der Waals surface area contributed by atoms with Crippen molar-refractivity contribution in [2.24, 2.45) is 0 Å². The lowest BCUT2D eigenvalue weighted by Gasteiger charge is -2.12. The third kappa shape index (κ3) is 3.13. The molecule has 1 aromatic rings. The number of ether oxygens (including phenoxy) is 1. The average molecular weight is 206 g/mol. The maximum atomic E-state index is 10.6. The van der Waals surface area contributed by atoms with Crippen molar-refractivity contribution in [1.29, 1.82) is 0 Å². The zero-order chi connectivity index (χ0) is 11.3. The molecule has 0 spiro atoms. The van der Waals surface area contributed by atoms with E-state index in [2.05, 4.69) is 0 Å². The Morgan fingerprint density at radius 3 is 2.73 bits per heavy atom. The number of benzene rings is 1. The molecule has 1 rings (SSSR count). The average Bonchev–Trinajstić information content (AvgIpc) is 2.21. The number of carboxylic acid groups (broad SMARTS) is 1. The minimum atomic E-state index is -0.967. The van der Waals surface area contributed by atoms with E-state index in [0.717, 1.165) is 5.56 Å². The van der Waals surface area contributed by atoms with E-state index in [4.69, 9.17) is 9.84 Å². The Morgan fingerprint density at radius 1 is 1.47 bits per heavy atom. The normalized spacial score (nSPS) is 12.7. The summed E-state index contributed by atoms with van der Waals surface area (Å²) in [5.41, 5.74) is 0.883. The second kappa shape index (κ2) is 5.20. The summed E-state index contributed by atoms with van der Waals surface area (Å²) in [6.07, 6.45) is 2.92. The maximum Gasteiger partial charge on any atom is 0.344 e. The molecular weight excluding hydrogens is 192 g/mol. The van der Waals surface area contributed by atoms with Gasteiger partial charge in [0.15, 0.2) is 6.10 Å². The van der Waals surface area contributed by atoms with Crippen molar-refractivity contribution in [3.63, 3.8) is 0 Å². The van der Waals surface area contributed by atoms with Crippen molar-refractivity contribution in [2.75, 3.05) is 0 Å². The molecule has 0 aliphatic rings. The van der Waals surface area contributed by atoms with Gasteiger partial charge < -0.3 is 9.84 Å². The molecule has 15 heavy (non-hydrogen) atoms. The molecule has 0 bridgehead atoms. The van der Waals surface area contributed by atoms with Gasteiger partial charge in [0.1, 0.15) is 5.75 Å². The molecule has 0 amide bonds. The monoisotopic (exact) mass is 206 g/mol. The molecule has 1 atom stereocenters. The predicted octanol–water partition coefficient (Wildman–Crippen LogP) is 2.57. The van der Waals surface area contributed by atoms with Crippen LogP contribution in [0.15, 0.2) is 30.3 Å². The summed E-state index contributed by atoms with van der Waals surface area (Å²) in [4.78, 5) is 10.6. The van der Waals surface area contributed by atoms with Gasteiger partial charge in [-0.3, -0.25) is 0 Å². The molecule has 0 saturated carbocycles. The van der Waals surface area contributed by atoms with Crippen molar-refractivity contribution in [3.8, 4) is 5.75 Å². The fourth-order valence-electron chi connectivity index (χ4n) is 1.15. The van der Waals surface area contributed by atoms with Gasteiger partial charge in [-0.1, -0.05) is 30.4 Å². The molecule has 0 aromatic heterocycles. The molecule has 1 aromatic carbocycles. The number of hydrogen-bond donors (Lipinski definition) is 1. The molecule has 3 heteroatoms. The van der Waals surface area contributed by atoms with E-state index in [1.54, 1.807) is 6.07 Å². The molecule has 1 unspecified atom stereocenters. The highest BCUT2D eigenvalue weighted by Gasteiger charge is 2.13. The standard InChI is InChI=1S/C12H14O3/c1-3-6-10-7-4-5-8-11(10)15-9(2)12(13)14/h3-9H,1-2H3,(H,13,14). The molecular formula is C12H14O3. The largest absolute Gasteiger partial charge is 0.479 e. The van der Waals surface area contributed by atoms with Crippen molar-refractivity contribution < 1.29 is 14.6 Å². The molecule has 1 N–H and O–H groups in total. The van der Waals surface area contributed by atoms with E-state index in [1.807, 2.05) is 37.3 Å². The number of allylic oxidation sites excluding steroid dienone is 1. The van der Waals surface area contributed by atoms with Gasteiger partial charge in [0.25, 0.3) is 0 Å². The third-order valence-electron chi connectivity index (χ3n) is 1.92. The lowest BCUT2D eigenvalue weighted by atomic mass is 10.2. The Bertz CT molecular complexity index is 369. The molecule has 0 radical (unpaired) electrons. The van der Waals surface area contributed by atoms with Gasteiger partial charge in [-0.05, 0) is 19.9 Å². The Balaban J connectivity index is 2.88. The van der Waals surface area contributed by atoms with E-state index in [0.29, 0.717) is 5.75 Å². The van der Waals surface area contributed by atoms with Crippen LogP contribution in [-0.4, -0.2) is 17.2 Å². The van der Waals surface area contributed by atoms with Gasteiger partial charge in [-0.25, -0.2) is 4.79 Å². The fraction of sp³-hybridized carbons (Fsp3) is 0.250. The van der Waals surface area contributed by atoms with E-state index >= 15 is 0 Å². The Morgan fingerprint density at radius 2 is 2.13 bits per heavy atom. The predicted molar refractivity (Wildman–Crippen MR) is 58.9 cm³/mol. The lowest BCUT2D eigenvalue weighted by Crippen LogP contribution is -2.23. The molecule has 0 aliphatic carbocycles. The highest BCUT2D eigenvalue weighted by atomic mass is 16.5. The van der Waals surface area contributed by atoms with Crippen LogP contribution in [0.25, 0.3) is 6.08 Å². The quantitative estimate of drug-likeness (QED) is 0.823. The van der Waals surface area contributed by atoms with Crippen molar-refractivity contribution in [3.05, 3.63) is 35.9 Å². The van der Waals surface area contributed by atoms with Gasteiger partial charge in [0.2, 0.25) is 0 Å². The number of para-hydroxylation sites is 1. The first-order valence-corrected chi connectivity index (χ1v) is 4.76. The van der Waals surface area contributed by atoms with Crippen LogP contribution >= 0.6 is 0 Å². The zero-order valence-corrected chi connectivity index (χ0v) is 8.81. The van der Waals surface area contributed by atoms with Gasteiger partial charge in [0.05, 0.1) is 0 Å². The second-order valence-corrected chi connectivity index (χ2v) is 3.14. The van der Waals surface area contributed by atoms with Crippen molar-refractivity contribution >= 4 is 12.0 Å². The molecule has 0 aliphatic heterocycles. The summed E-state index contributed by atoms with van der Waals surface area (Å²) in [6.45, 7) is 3.41. The fourth-order valence-corrected chi connectivity index (χ4v) is 1.15. The molecule has 80 valence electrons. The minimum Gasteiger partial charge on any atom is -0.479 e. The Hall–Kier alpha value is -1.77. The van der Waals surface area contributed by atoms with Crippen LogP contribution in [0.4, 0.5) is 0 Å². The molecule has 3 nitrogen and oxygen atoms in total. The zero-order valence-electron chi connectivity index (χ0n) is 8.81. The first-order valence-electron chi connectivity index (χ1n) is 4.76. The van der Waals surface area contributed by atoms with Gasteiger partial charge in [0, 0.05) is 5.56 Å². The van der Waals surface area contributed by atoms with Crippen LogP contribution in [0, 0.1) is 0 Å². The molecule has 0 fully saturated rings. The number of carbonyl (C=O) groups is 1. The van der Waals surface area contributed by atoms with Crippen molar-refractivity contribution in [1.82, 2.24) is 0 Å². The number of rotatable bonds is 4. The number of hydrogen-bond acceptors (Lipinski definition) is 2. The van der Waals surface area contributed by atoms with E-state index < -0.39 is 12.1 Å². The van der Waals surface area contributed by atoms with Crippen LogP contribution in [0.1, 0.15) is 19.4 Å². The first-order chi connectivity index (χ1) is 7.15. The highest BCUT2D eigenvalue weighted by Crippen LogP contribution is 2.20. The summed E-state index contributed by atoms with van der Waals surface area (Å²) in [6, 6.07) is 7.34. The third-order valence-corrected chi connectivity index (χ3v) is 1.92. The van der Waals surface area contributed by atoms with Crippen molar-refractivity contribution in [2.45, 2.75) is 20.0 Å². The van der Waals surface area contributed by atoms with Crippen LogP contribution < -0.4 is 4.74 Å². The number of aliphatic carboxylic acids is 1. The summed E-state index contributed by atoms with van der Waals surface area (Å²) in [7, 11) is 0. The minimum absolute atomic E-state index is 0.588. The maximum absolute atomic E-state index is 10.6. The van der Waals surface area contributed by atoms with Gasteiger partial charge >= 0.3 is 5.97 Å².